The first-order chi connectivity index (χ1) is 10.0. The topological polar surface area (TPSA) is 26.7 Å². The van der Waals surface area contributed by atoms with Gasteiger partial charge in [-0.2, -0.15) is 0 Å². The van der Waals surface area contributed by atoms with E-state index in [0.29, 0.717) is 6.04 Å². The molecule has 1 N–H and O–H groups in total. The van der Waals surface area contributed by atoms with Crippen LogP contribution in [-0.4, -0.2) is 54.2 Å². The van der Waals surface area contributed by atoms with Crippen LogP contribution in [0.2, 0.25) is 0 Å². The second-order valence-corrected chi connectivity index (χ2v) is 6.51. The van der Waals surface area contributed by atoms with Gasteiger partial charge in [0.05, 0.1) is 6.10 Å². The SMILES string of the molecule is CCc1ccc(C(O)C(C)N2CCC(N(C)C)CC2)cc1. The van der Waals surface area contributed by atoms with Crippen molar-refractivity contribution in [2.45, 2.75) is 51.3 Å². The zero-order chi connectivity index (χ0) is 15.4. The third kappa shape index (κ3) is 4.06. The highest BCUT2D eigenvalue weighted by Gasteiger charge is 2.28. The normalized spacial score (nSPS) is 20.7. The Morgan fingerprint density at radius 3 is 2.24 bits per heavy atom. The summed E-state index contributed by atoms with van der Waals surface area (Å²) >= 11 is 0. The molecule has 0 aliphatic carbocycles. The Morgan fingerprint density at radius 2 is 1.76 bits per heavy atom. The zero-order valence-electron chi connectivity index (χ0n) is 13.9. The van der Waals surface area contributed by atoms with Gasteiger partial charge in [0.2, 0.25) is 0 Å². The Hall–Kier alpha value is -0.900. The van der Waals surface area contributed by atoms with E-state index >= 15 is 0 Å². The lowest BCUT2D eigenvalue weighted by Crippen LogP contribution is -2.47. The molecule has 0 aromatic heterocycles. The standard InChI is InChI=1S/C18H30N2O/c1-5-15-6-8-16(9-7-15)18(21)14(2)20-12-10-17(11-13-20)19(3)4/h6-9,14,17-18,21H,5,10-13H2,1-4H3. The number of nitrogens with zero attached hydrogens (tertiary/aromatic N) is 2. The molecule has 0 radical (unpaired) electrons. The fraction of sp³-hybridized carbons (Fsp3) is 0.667. The molecule has 1 saturated heterocycles. The minimum atomic E-state index is -0.396. The van der Waals surface area contributed by atoms with Gasteiger partial charge in [0.1, 0.15) is 0 Å². The molecular formula is C18H30N2O. The molecule has 1 fully saturated rings. The van der Waals surface area contributed by atoms with Gasteiger partial charge in [0, 0.05) is 25.2 Å². The fourth-order valence-electron chi connectivity index (χ4n) is 3.24. The summed E-state index contributed by atoms with van der Waals surface area (Å²) in [6.45, 7) is 6.46. The lowest BCUT2D eigenvalue weighted by Gasteiger charge is -2.39. The number of hydrogen-bond donors (Lipinski definition) is 1. The number of aryl methyl sites for hydroxylation is 1. The van der Waals surface area contributed by atoms with Crippen molar-refractivity contribution in [1.29, 1.82) is 0 Å². The summed E-state index contributed by atoms with van der Waals surface area (Å²) < 4.78 is 0. The van der Waals surface area contributed by atoms with Gasteiger partial charge in [-0.15, -0.1) is 0 Å². The maximum Gasteiger partial charge on any atom is 0.0942 e. The smallest absolute Gasteiger partial charge is 0.0942 e. The van der Waals surface area contributed by atoms with Gasteiger partial charge in [0.15, 0.2) is 0 Å². The highest BCUT2D eigenvalue weighted by Crippen LogP contribution is 2.25. The van der Waals surface area contributed by atoms with Crippen molar-refractivity contribution in [3.63, 3.8) is 0 Å². The monoisotopic (exact) mass is 290 g/mol. The molecule has 0 saturated carbocycles. The molecule has 21 heavy (non-hydrogen) atoms. The quantitative estimate of drug-likeness (QED) is 0.903. The van der Waals surface area contributed by atoms with Crippen molar-refractivity contribution >= 4 is 0 Å². The van der Waals surface area contributed by atoms with Gasteiger partial charge in [0.25, 0.3) is 0 Å². The Morgan fingerprint density at radius 1 is 1.19 bits per heavy atom. The van der Waals surface area contributed by atoms with Gasteiger partial charge in [-0.3, -0.25) is 4.90 Å². The van der Waals surface area contributed by atoms with E-state index in [1.165, 1.54) is 18.4 Å². The van der Waals surface area contributed by atoms with Gasteiger partial charge in [-0.05, 0) is 51.4 Å². The van der Waals surface area contributed by atoms with Crippen molar-refractivity contribution in [3.8, 4) is 0 Å². The van der Waals surface area contributed by atoms with E-state index in [9.17, 15) is 5.11 Å². The Bertz CT molecular complexity index is 421. The van der Waals surface area contributed by atoms with Crippen LogP contribution in [0.4, 0.5) is 0 Å². The van der Waals surface area contributed by atoms with Crippen LogP contribution in [0.5, 0.6) is 0 Å². The third-order valence-electron chi connectivity index (χ3n) is 4.99. The first-order valence-corrected chi connectivity index (χ1v) is 8.20. The number of benzene rings is 1. The lowest BCUT2D eigenvalue weighted by molar-refractivity contribution is 0.0319. The van der Waals surface area contributed by atoms with Gasteiger partial charge in [-0.1, -0.05) is 31.2 Å². The molecule has 1 aliphatic heterocycles. The molecule has 3 nitrogen and oxygen atoms in total. The fourth-order valence-corrected chi connectivity index (χ4v) is 3.24. The average Bonchev–Trinajstić information content (AvgIpc) is 2.53. The maximum absolute atomic E-state index is 10.6. The summed E-state index contributed by atoms with van der Waals surface area (Å²) in [6, 6.07) is 9.28. The van der Waals surface area contributed by atoms with Crippen molar-refractivity contribution in [1.82, 2.24) is 9.80 Å². The molecule has 118 valence electrons. The number of aliphatic hydroxyl groups excluding tert-OH is 1. The lowest BCUT2D eigenvalue weighted by atomic mass is 9.97. The van der Waals surface area contributed by atoms with Crippen molar-refractivity contribution < 1.29 is 5.11 Å². The molecule has 3 heteroatoms. The van der Waals surface area contributed by atoms with E-state index in [1.54, 1.807) is 0 Å². The second kappa shape index (κ2) is 7.39. The van der Waals surface area contributed by atoms with Crippen LogP contribution in [0.25, 0.3) is 0 Å². The van der Waals surface area contributed by atoms with E-state index in [1.807, 2.05) is 0 Å². The van der Waals surface area contributed by atoms with Crippen LogP contribution in [0.1, 0.15) is 43.9 Å². The van der Waals surface area contributed by atoms with Crippen LogP contribution >= 0.6 is 0 Å². The number of likely N-dealkylation sites (tertiary alicyclic amines) is 1. The van der Waals surface area contributed by atoms with E-state index in [0.717, 1.165) is 25.1 Å². The largest absolute Gasteiger partial charge is 0.387 e. The molecule has 2 unspecified atom stereocenters. The molecule has 1 aromatic carbocycles. The summed E-state index contributed by atoms with van der Waals surface area (Å²) in [6.07, 6.45) is 3.04. The van der Waals surface area contributed by atoms with Crippen LogP contribution in [0.3, 0.4) is 0 Å². The predicted octanol–water partition coefficient (Wildman–Crippen LogP) is 2.70. The Labute approximate surface area is 129 Å². The van der Waals surface area contributed by atoms with E-state index < -0.39 is 6.10 Å². The molecule has 2 rings (SSSR count). The van der Waals surface area contributed by atoms with Crippen molar-refractivity contribution in [2.75, 3.05) is 27.2 Å². The van der Waals surface area contributed by atoms with E-state index in [-0.39, 0.29) is 6.04 Å². The summed E-state index contributed by atoms with van der Waals surface area (Å²) in [5.74, 6) is 0. The van der Waals surface area contributed by atoms with Crippen LogP contribution in [0, 0.1) is 0 Å². The predicted molar refractivity (Wildman–Crippen MR) is 88.5 cm³/mol. The molecule has 0 amide bonds. The van der Waals surface area contributed by atoms with Crippen LogP contribution in [0.15, 0.2) is 24.3 Å². The number of hydrogen-bond acceptors (Lipinski definition) is 3. The first-order valence-electron chi connectivity index (χ1n) is 8.20. The Kier molecular flexibility index (Phi) is 5.80. The first kappa shape index (κ1) is 16.5. The van der Waals surface area contributed by atoms with Crippen molar-refractivity contribution in [2.24, 2.45) is 0 Å². The summed E-state index contributed by atoms with van der Waals surface area (Å²) in [5.41, 5.74) is 2.36. The highest BCUT2D eigenvalue weighted by atomic mass is 16.3. The van der Waals surface area contributed by atoms with Crippen LogP contribution < -0.4 is 0 Å². The number of rotatable bonds is 5. The minimum absolute atomic E-state index is 0.181. The summed E-state index contributed by atoms with van der Waals surface area (Å²) in [7, 11) is 4.32. The molecule has 0 spiro atoms. The minimum Gasteiger partial charge on any atom is -0.387 e. The highest BCUT2D eigenvalue weighted by molar-refractivity contribution is 5.25. The van der Waals surface area contributed by atoms with Crippen molar-refractivity contribution in [3.05, 3.63) is 35.4 Å². The molecular weight excluding hydrogens is 260 g/mol. The second-order valence-electron chi connectivity index (χ2n) is 6.51. The molecule has 1 aromatic rings. The third-order valence-corrected chi connectivity index (χ3v) is 4.99. The Balaban J connectivity index is 1.94. The van der Waals surface area contributed by atoms with Gasteiger partial charge < -0.3 is 10.0 Å². The van der Waals surface area contributed by atoms with E-state index in [2.05, 4.69) is 62.0 Å². The molecule has 1 aliphatic rings. The number of aliphatic hydroxyl groups is 1. The molecule has 1 heterocycles. The zero-order valence-corrected chi connectivity index (χ0v) is 13.9. The maximum atomic E-state index is 10.6. The van der Waals surface area contributed by atoms with Gasteiger partial charge in [-0.25, -0.2) is 0 Å². The summed E-state index contributed by atoms with van der Waals surface area (Å²) in [4.78, 5) is 4.75. The number of piperidine rings is 1. The van der Waals surface area contributed by atoms with E-state index in [4.69, 9.17) is 0 Å². The average molecular weight is 290 g/mol. The van der Waals surface area contributed by atoms with Crippen LogP contribution in [-0.2, 0) is 6.42 Å². The van der Waals surface area contributed by atoms with Gasteiger partial charge >= 0.3 is 0 Å². The summed E-state index contributed by atoms with van der Waals surface area (Å²) in [5, 5.41) is 10.6. The molecule has 0 bridgehead atoms. The molecule has 2 atom stereocenters.